The highest BCUT2D eigenvalue weighted by Crippen LogP contribution is 2.19. The molecule has 0 aliphatic heterocycles. The van der Waals surface area contributed by atoms with Gasteiger partial charge < -0.3 is 4.74 Å². The number of rotatable bonds is 7. The van der Waals surface area contributed by atoms with Crippen molar-refractivity contribution in [1.82, 2.24) is 10.9 Å². The van der Waals surface area contributed by atoms with E-state index in [0.29, 0.717) is 5.75 Å². The first-order valence-electron chi connectivity index (χ1n) is 7.83. The average molecular weight is 411 g/mol. The van der Waals surface area contributed by atoms with Crippen LogP contribution in [0.25, 0.3) is 0 Å². The van der Waals surface area contributed by atoms with Crippen molar-refractivity contribution < 1.29 is 23.5 Å². The molecule has 2 rings (SSSR count). The van der Waals surface area contributed by atoms with E-state index in [1.54, 1.807) is 30.3 Å². The predicted molar refractivity (Wildman–Crippen MR) is 99.8 cm³/mol. The first kappa shape index (κ1) is 20.7. The fourth-order valence-corrected chi connectivity index (χ4v) is 2.93. The molecule has 0 spiro atoms. The number of halogens is 2. The van der Waals surface area contributed by atoms with Crippen LogP contribution in [-0.4, -0.2) is 30.1 Å². The third kappa shape index (κ3) is 7.28. The highest BCUT2D eigenvalue weighted by Gasteiger charge is 2.12. The summed E-state index contributed by atoms with van der Waals surface area (Å²) in [5, 5.41) is 0.245. The van der Waals surface area contributed by atoms with Gasteiger partial charge in [0.05, 0.1) is 17.0 Å². The Balaban J connectivity index is 1.63. The maximum absolute atomic E-state index is 12.8. The van der Waals surface area contributed by atoms with Gasteiger partial charge in [-0.1, -0.05) is 23.7 Å². The van der Waals surface area contributed by atoms with Crippen LogP contribution in [0.1, 0.15) is 16.8 Å². The van der Waals surface area contributed by atoms with Crippen molar-refractivity contribution >= 4 is 41.1 Å². The SMILES string of the molecule is O=C(COC(=O)CCSc1ccc(F)cc1)NNC(=O)c1ccccc1Cl. The molecule has 142 valence electrons. The lowest BCUT2D eigenvalue weighted by Crippen LogP contribution is -2.43. The molecule has 9 heteroatoms. The van der Waals surface area contributed by atoms with Crippen molar-refractivity contribution in [3.63, 3.8) is 0 Å². The zero-order valence-electron chi connectivity index (χ0n) is 14.0. The summed E-state index contributed by atoms with van der Waals surface area (Å²) in [6.07, 6.45) is 0.0846. The van der Waals surface area contributed by atoms with Crippen molar-refractivity contribution in [1.29, 1.82) is 0 Å². The minimum Gasteiger partial charge on any atom is -0.455 e. The van der Waals surface area contributed by atoms with Crippen LogP contribution < -0.4 is 10.9 Å². The number of esters is 1. The van der Waals surface area contributed by atoms with E-state index < -0.39 is 24.4 Å². The monoisotopic (exact) mass is 410 g/mol. The largest absolute Gasteiger partial charge is 0.455 e. The zero-order valence-corrected chi connectivity index (χ0v) is 15.6. The van der Waals surface area contributed by atoms with Crippen molar-refractivity contribution in [2.24, 2.45) is 0 Å². The lowest BCUT2D eigenvalue weighted by molar-refractivity contribution is -0.148. The van der Waals surface area contributed by atoms with E-state index in [0.717, 1.165) is 4.90 Å². The lowest BCUT2D eigenvalue weighted by atomic mass is 10.2. The second-order valence-electron chi connectivity index (χ2n) is 5.20. The highest BCUT2D eigenvalue weighted by molar-refractivity contribution is 7.99. The normalized spacial score (nSPS) is 10.1. The van der Waals surface area contributed by atoms with Gasteiger partial charge in [0.15, 0.2) is 6.61 Å². The van der Waals surface area contributed by atoms with Gasteiger partial charge in [0.2, 0.25) is 0 Å². The Labute approximate surface area is 164 Å². The van der Waals surface area contributed by atoms with Gasteiger partial charge in [-0.15, -0.1) is 11.8 Å². The summed E-state index contributed by atoms with van der Waals surface area (Å²) in [5.41, 5.74) is 4.52. The maximum Gasteiger partial charge on any atom is 0.307 e. The second kappa shape index (κ2) is 10.5. The molecule has 27 heavy (non-hydrogen) atoms. The molecule has 0 saturated heterocycles. The Hall–Kier alpha value is -2.58. The van der Waals surface area contributed by atoms with Gasteiger partial charge in [0.25, 0.3) is 11.8 Å². The van der Waals surface area contributed by atoms with Gasteiger partial charge in [0, 0.05) is 10.6 Å². The van der Waals surface area contributed by atoms with Crippen LogP contribution in [0.3, 0.4) is 0 Å². The Morgan fingerprint density at radius 1 is 1.04 bits per heavy atom. The van der Waals surface area contributed by atoms with E-state index in [4.69, 9.17) is 16.3 Å². The summed E-state index contributed by atoms with van der Waals surface area (Å²) in [6.45, 7) is -0.525. The minimum atomic E-state index is -0.685. The van der Waals surface area contributed by atoms with Crippen molar-refractivity contribution in [2.75, 3.05) is 12.4 Å². The lowest BCUT2D eigenvalue weighted by Gasteiger charge is -2.09. The summed E-state index contributed by atoms with van der Waals surface area (Å²) in [7, 11) is 0. The van der Waals surface area contributed by atoms with Gasteiger partial charge >= 0.3 is 5.97 Å². The molecule has 0 aromatic heterocycles. The molecule has 2 aromatic rings. The van der Waals surface area contributed by atoms with E-state index in [1.807, 2.05) is 0 Å². The van der Waals surface area contributed by atoms with Crippen LogP contribution in [-0.2, 0) is 14.3 Å². The van der Waals surface area contributed by atoms with E-state index in [-0.39, 0.29) is 22.8 Å². The van der Waals surface area contributed by atoms with E-state index >= 15 is 0 Å². The van der Waals surface area contributed by atoms with Crippen LogP contribution in [0.5, 0.6) is 0 Å². The molecular weight excluding hydrogens is 395 g/mol. The topological polar surface area (TPSA) is 84.5 Å². The molecule has 0 radical (unpaired) electrons. The number of hydrogen-bond donors (Lipinski definition) is 2. The molecular formula is C18H16ClFN2O4S. The first-order chi connectivity index (χ1) is 13.0. The number of benzene rings is 2. The molecule has 0 bridgehead atoms. The van der Waals surface area contributed by atoms with Gasteiger partial charge in [-0.05, 0) is 36.4 Å². The van der Waals surface area contributed by atoms with Gasteiger partial charge in [-0.25, -0.2) is 4.39 Å². The minimum absolute atomic E-state index is 0.0846. The Bertz CT molecular complexity index is 817. The number of hydrazine groups is 1. The van der Waals surface area contributed by atoms with Gasteiger partial charge in [-0.3, -0.25) is 25.2 Å². The predicted octanol–water partition coefficient (Wildman–Crippen LogP) is 2.97. The fourth-order valence-electron chi connectivity index (χ4n) is 1.88. The number of amides is 2. The highest BCUT2D eigenvalue weighted by atomic mass is 35.5. The van der Waals surface area contributed by atoms with Crippen LogP contribution >= 0.6 is 23.4 Å². The number of thioether (sulfide) groups is 1. The molecule has 0 heterocycles. The van der Waals surface area contributed by atoms with E-state index in [1.165, 1.54) is 30.0 Å². The first-order valence-corrected chi connectivity index (χ1v) is 9.20. The quantitative estimate of drug-likeness (QED) is 0.416. The molecule has 0 saturated carbocycles. The number of hydrogen-bond acceptors (Lipinski definition) is 5. The van der Waals surface area contributed by atoms with Crippen LogP contribution in [0.2, 0.25) is 5.02 Å². The standard InChI is InChI=1S/C18H16ClFN2O4S/c19-15-4-2-1-3-14(15)18(25)22-21-16(23)11-26-17(24)9-10-27-13-7-5-12(20)6-8-13/h1-8H,9-11H2,(H,21,23)(H,22,25). The molecule has 0 aliphatic carbocycles. The summed E-state index contributed by atoms with van der Waals surface area (Å²) < 4.78 is 17.6. The molecule has 6 nitrogen and oxygen atoms in total. The summed E-state index contributed by atoms with van der Waals surface area (Å²) in [6, 6.07) is 12.2. The fraction of sp³-hybridized carbons (Fsp3) is 0.167. The number of carbonyl (C=O) groups is 3. The molecule has 2 amide bonds. The van der Waals surface area contributed by atoms with Crippen LogP contribution in [0, 0.1) is 5.82 Å². The van der Waals surface area contributed by atoms with Crippen LogP contribution in [0.4, 0.5) is 4.39 Å². The third-order valence-electron chi connectivity index (χ3n) is 3.19. The Morgan fingerprint density at radius 3 is 2.44 bits per heavy atom. The summed E-state index contributed by atoms with van der Waals surface area (Å²) >= 11 is 7.24. The van der Waals surface area contributed by atoms with E-state index in [2.05, 4.69) is 10.9 Å². The van der Waals surface area contributed by atoms with Gasteiger partial charge in [0.1, 0.15) is 5.82 Å². The second-order valence-corrected chi connectivity index (χ2v) is 6.77. The van der Waals surface area contributed by atoms with E-state index in [9.17, 15) is 18.8 Å². The smallest absolute Gasteiger partial charge is 0.307 e. The molecule has 0 atom stereocenters. The van der Waals surface area contributed by atoms with Gasteiger partial charge in [-0.2, -0.15) is 0 Å². The molecule has 0 aliphatic rings. The van der Waals surface area contributed by atoms with Crippen molar-refractivity contribution in [3.8, 4) is 0 Å². The Kier molecular flexibility index (Phi) is 8.09. The molecule has 2 aromatic carbocycles. The Morgan fingerprint density at radius 2 is 1.74 bits per heavy atom. The number of nitrogens with one attached hydrogen (secondary N) is 2. The zero-order chi connectivity index (χ0) is 19.6. The molecule has 0 fully saturated rings. The van der Waals surface area contributed by atoms with Crippen molar-refractivity contribution in [2.45, 2.75) is 11.3 Å². The molecule has 0 unspecified atom stereocenters. The summed E-state index contributed by atoms with van der Waals surface area (Å²) in [5.74, 6) is -1.73. The molecule has 2 N–H and O–H groups in total. The average Bonchev–Trinajstić information content (AvgIpc) is 2.66. The number of carbonyl (C=O) groups excluding carboxylic acids is 3. The van der Waals surface area contributed by atoms with Crippen molar-refractivity contribution in [3.05, 3.63) is 64.9 Å². The summed E-state index contributed by atoms with van der Waals surface area (Å²) in [4.78, 5) is 35.9. The van der Waals surface area contributed by atoms with Crippen LogP contribution in [0.15, 0.2) is 53.4 Å². The maximum atomic E-state index is 12.8. The number of ether oxygens (including phenoxy) is 1. The third-order valence-corrected chi connectivity index (χ3v) is 4.53.